The van der Waals surface area contributed by atoms with Crippen LogP contribution in [-0.4, -0.2) is 34.4 Å². The largest absolute Gasteiger partial charge is 0.510 e. The van der Waals surface area contributed by atoms with Gasteiger partial charge >= 0.3 is 0 Å². The summed E-state index contributed by atoms with van der Waals surface area (Å²) in [4.78, 5) is 19.1. The number of thiazole rings is 1. The van der Waals surface area contributed by atoms with Gasteiger partial charge in [0.25, 0.3) is 5.91 Å². The van der Waals surface area contributed by atoms with Gasteiger partial charge in [-0.3, -0.25) is 10.2 Å². The van der Waals surface area contributed by atoms with Gasteiger partial charge < -0.3 is 19.7 Å². The smallest absolute Gasteiger partial charge is 0.251 e. The van der Waals surface area contributed by atoms with Crippen molar-refractivity contribution in [3.05, 3.63) is 89.0 Å². The fourth-order valence-electron chi connectivity index (χ4n) is 3.91. The number of anilines is 1. The predicted molar refractivity (Wildman–Crippen MR) is 130 cm³/mol. The number of benzene rings is 2. The molecule has 1 aliphatic rings. The summed E-state index contributed by atoms with van der Waals surface area (Å²) in [5.41, 5.74) is 2.41. The van der Waals surface area contributed by atoms with Gasteiger partial charge in [-0.15, -0.1) is 11.3 Å². The zero-order valence-electron chi connectivity index (χ0n) is 17.9. The van der Waals surface area contributed by atoms with Crippen LogP contribution in [0.4, 0.5) is 5.69 Å². The molecule has 4 aromatic rings. The molecule has 0 aliphatic carbocycles. The van der Waals surface area contributed by atoms with Crippen molar-refractivity contribution in [3.63, 3.8) is 0 Å². The molecular weight excluding hydrogens is 436 g/mol. The lowest BCUT2D eigenvalue weighted by Crippen LogP contribution is -2.34. The molecule has 5 rings (SSSR count). The number of rotatable bonds is 6. The van der Waals surface area contributed by atoms with Crippen LogP contribution >= 0.6 is 11.3 Å². The van der Waals surface area contributed by atoms with Crippen LogP contribution in [0.5, 0.6) is 0 Å². The van der Waals surface area contributed by atoms with Crippen LogP contribution in [0.3, 0.4) is 0 Å². The lowest BCUT2D eigenvalue weighted by atomic mass is 10.1. The highest BCUT2D eigenvalue weighted by molar-refractivity contribution is 7.19. The Labute approximate surface area is 194 Å². The minimum atomic E-state index is -0.204. The second-order valence-corrected chi connectivity index (χ2v) is 8.98. The third-order valence-electron chi connectivity index (χ3n) is 5.50. The maximum Gasteiger partial charge on any atom is 0.251 e. The van der Waals surface area contributed by atoms with Crippen LogP contribution in [0, 0.1) is 5.41 Å². The third-order valence-corrected chi connectivity index (χ3v) is 6.55. The number of carbonyl (C=O) groups excluding carboxylic acids is 1. The van der Waals surface area contributed by atoms with E-state index in [2.05, 4.69) is 10.3 Å². The number of para-hydroxylation sites is 1. The molecule has 0 unspecified atom stereocenters. The number of fused-ring (bicyclic) bond motifs is 1. The molecule has 1 atom stereocenters. The first-order valence-corrected chi connectivity index (χ1v) is 11.4. The lowest BCUT2D eigenvalue weighted by Gasteiger charge is -2.20. The van der Waals surface area contributed by atoms with E-state index < -0.39 is 0 Å². The van der Waals surface area contributed by atoms with Gasteiger partial charge in [-0.2, -0.15) is 0 Å². The monoisotopic (exact) mass is 458 g/mol. The van der Waals surface area contributed by atoms with E-state index in [1.54, 1.807) is 29.4 Å². The number of nitrogens with zero attached hydrogens (tertiary/aromatic N) is 2. The summed E-state index contributed by atoms with van der Waals surface area (Å²) < 4.78 is 6.35. The number of aliphatic hydroxyl groups is 1. The number of aromatic nitrogens is 1. The molecule has 0 radical (unpaired) electrons. The van der Waals surface area contributed by atoms with Crippen molar-refractivity contribution in [1.29, 1.82) is 5.41 Å². The summed E-state index contributed by atoms with van der Waals surface area (Å²) in [6.45, 7) is 2.08. The Kier molecular flexibility index (Phi) is 5.43. The fourth-order valence-corrected chi connectivity index (χ4v) is 4.94. The number of hydrogen-bond donors (Lipinski definition) is 3. The molecule has 0 spiro atoms. The van der Waals surface area contributed by atoms with E-state index in [1.165, 1.54) is 11.3 Å². The molecule has 2 aromatic heterocycles. The molecule has 166 valence electrons. The molecule has 0 saturated heterocycles. The molecule has 8 heteroatoms. The minimum Gasteiger partial charge on any atom is -0.510 e. The molecule has 0 fully saturated rings. The van der Waals surface area contributed by atoms with Crippen molar-refractivity contribution in [3.8, 4) is 0 Å². The lowest BCUT2D eigenvalue weighted by molar-refractivity contribution is 0.0939. The van der Waals surface area contributed by atoms with Crippen LogP contribution in [0.2, 0.25) is 0 Å². The summed E-state index contributed by atoms with van der Waals surface area (Å²) in [5, 5.41) is 23.0. The third kappa shape index (κ3) is 4.12. The molecule has 0 saturated carbocycles. The van der Waals surface area contributed by atoms with E-state index in [-0.39, 0.29) is 30.1 Å². The van der Waals surface area contributed by atoms with Crippen LogP contribution in [0.15, 0.2) is 77.1 Å². The van der Waals surface area contributed by atoms with E-state index in [9.17, 15) is 9.90 Å². The molecule has 7 nitrogen and oxygen atoms in total. The maximum absolute atomic E-state index is 12.8. The highest BCUT2D eigenvalue weighted by atomic mass is 32.1. The van der Waals surface area contributed by atoms with Crippen LogP contribution in [0.25, 0.3) is 15.8 Å². The summed E-state index contributed by atoms with van der Waals surface area (Å²) in [6.07, 6.45) is 2.21. The summed E-state index contributed by atoms with van der Waals surface area (Å²) >= 11 is 1.45. The molecule has 33 heavy (non-hydrogen) atoms. The van der Waals surface area contributed by atoms with Gasteiger partial charge in [0, 0.05) is 23.7 Å². The van der Waals surface area contributed by atoms with Crippen molar-refractivity contribution in [2.24, 2.45) is 0 Å². The minimum absolute atomic E-state index is 0.0981. The maximum atomic E-state index is 12.8. The Morgan fingerprint density at radius 2 is 2.09 bits per heavy atom. The van der Waals surface area contributed by atoms with Crippen LogP contribution < -0.4 is 10.2 Å². The Morgan fingerprint density at radius 3 is 2.88 bits per heavy atom. The summed E-state index contributed by atoms with van der Waals surface area (Å²) in [6, 6.07) is 18.4. The number of amides is 1. The SMILES string of the molecule is C[C@@H](Cc1ccco1)NC(=O)c1cccc(N2CC(O)=C(c3nc4ccccc4s3)C2=N)c1. The highest BCUT2D eigenvalue weighted by Crippen LogP contribution is 2.35. The average Bonchev–Trinajstić information content (AvgIpc) is 3.52. The first-order chi connectivity index (χ1) is 16.0. The molecule has 3 N–H and O–H groups in total. The van der Waals surface area contributed by atoms with Crippen molar-refractivity contribution >= 4 is 44.6 Å². The van der Waals surface area contributed by atoms with E-state index in [1.807, 2.05) is 49.4 Å². The van der Waals surface area contributed by atoms with Crippen LogP contribution in [0.1, 0.15) is 28.0 Å². The molecule has 0 bridgehead atoms. The van der Waals surface area contributed by atoms with Crippen molar-refractivity contribution in [1.82, 2.24) is 10.3 Å². The van der Waals surface area contributed by atoms with Gasteiger partial charge in [-0.25, -0.2) is 4.98 Å². The normalized spacial score (nSPS) is 14.8. The number of hydrogen-bond acceptors (Lipinski definition) is 6. The highest BCUT2D eigenvalue weighted by Gasteiger charge is 2.31. The molecule has 2 aromatic carbocycles. The van der Waals surface area contributed by atoms with E-state index >= 15 is 0 Å². The Bertz CT molecular complexity index is 1340. The van der Waals surface area contributed by atoms with Crippen molar-refractivity contribution in [2.45, 2.75) is 19.4 Å². The van der Waals surface area contributed by atoms with E-state index in [4.69, 9.17) is 9.83 Å². The van der Waals surface area contributed by atoms with Gasteiger partial charge in [0.15, 0.2) is 0 Å². The van der Waals surface area contributed by atoms with Gasteiger partial charge in [0.1, 0.15) is 22.4 Å². The van der Waals surface area contributed by atoms with E-state index in [0.29, 0.717) is 28.3 Å². The predicted octanol–water partition coefficient (Wildman–Crippen LogP) is 5.02. The van der Waals surface area contributed by atoms with E-state index in [0.717, 1.165) is 16.0 Å². The van der Waals surface area contributed by atoms with Gasteiger partial charge in [0.05, 0.1) is 28.6 Å². The topological polar surface area (TPSA) is 102 Å². The first kappa shape index (κ1) is 21.0. The first-order valence-electron chi connectivity index (χ1n) is 10.6. The Hall–Kier alpha value is -3.91. The zero-order valence-corrected chi connectivity index (χ0v) is 18.7. The number of aliphatic hydroxyl groups excluding tert-OH is 1. The molecule has 1 amide bonds. The second-order valence-electron chi connectivity index (χ2n) is 7.95. The number of furan rings is 1. The number of nitrogens with one attached hydrogen (secondary N) is 2. The van der Waals surface area contributed by atoms with Gasteiger partial charge in [-0.1, -0.05) is 18.2 Å². The van der Waals surface area contributed by atoms with Crippen LogP contribution in [-0.2, 0) is 6.42 Å². The number of carbonyl (C=O) groups is 1. The molecule has 1 aliphatic heterocycles. The Morgan fingerprint density at radius 1 is 1.24 bits per heavy atom. The molecule has 3 heterocycles. The van der Waals surface area contributed by atoms with Gasteiger partial charge in [-0.05, 0) is 49.4 Å². The Balaban J connectivity index is 1.33. The summed E-state index contributed by atoms with van der Waals surface area (Å²) in [5.74, 6) is 0.868. The molecular formula is C25H22N4O3S. The van der Waals surface area contributed by atoms with Crippen molar-refractivity contribution < 1.29 is 14.3 Å². The van der Waals surface area contributed by atoms with Crippen molar-refractivity contribution in [2.75, 3.05) is 11.4 Å². The fraction of sp³-hybridized carbons (Fsp3) is 0.160. The zero-order chi connectivity index (χ0) is 22.9. The van der Waals surface area contributed by atoms with Gasteiger partial charge in [0.2, 0.25) is 0 Å². The average molecular weight is 459 g/mol. The standard InChI is InChI=1S/C25H22N4O3S/c1-15(12-18-8-5-11-32-18)27-24(31)16-6-4-7-17(13-16)29-14-20(30)22(23(29)26)25-28-19-9-2-3-10-21(19)33-25/h2-11,13,15,26,30H,12,14H2,1H3,(H,27,31)/t15-/m0/s1. The quantitative estimate of drug-likeness (QED) is 0.377. The number of amidine groups is 1. The summed E-state index contributed by atoms with van der Waals surface area (Å²) in [7, 11) is 0. The second kappa shape index (κ2) is 8.55.